The van der Waals surface area contributed by atoms with Crippen LogP contribution in [0.15, 0.2) is 15.8 Å². The third-order valence-corrected chi connectivity index (χ3v) is 1.68. The van der Waals surface area contributed by atoms with Gasteiger partial charge in [0.25, 0.3) is 5.56 Å². The molecule has 0 atom stereocenters. The van der Waals surface area contributed by atoms with Crippen LogP contribution in [-0.4, -0.2) is 15.5 Å². The van der Waals surface area contributed by atoms with Gasteiger partial charge in [0.05, 0.1) is 5.56 Å². The highest BCUT2D eigenvalue weighted by Gasteiger charge is 2.04. The van der Waals surface area contributed by atoms with Crippen molar-refractivity contribution in [3.8, 4) is 0 Å². The van der Waals surface area contributed by atoms with Gasteiger partial charge in [-0.2, -0.15) is 0 Å². The molecule has 1 rings (SSSR count). The fourth-order valence-electron chi connectivity index (χ4n) is 0.898. The van der Waals surface area contributed by atoms with Crippen LogP contribution < -0.4 is 11.2 Å². The van der Waals surface area contributed by atoms with Crippen molar-refractivity contribution in [2.45, 2.75) is 13.5 Å². The van der Waals surface area contributed by atoms with E-state index < -0.39 is 17.2 Å². The Morgan fingerprint density at radius 3 is 2.79 bits per heavy atom. The van der Waals surface area contributed by atoms with Crippen LogP contribution >= 0.6 is 0 Å². The number of H-pyrrole nitrogens is 1. The number of aromatic nitrogens is 2. The summed E-state index contributed by atoms with van der Waals surface area (Å²) in [5.74, 6) is -0.474. The molecule has 14 heavy (non-hydrogen) atoms. The largest absolute Gasteiger partial charge is 0.461 e. The van der Waals surface area contributed by atoms with Gasteiger partial charge in [0.15, 0.2) is 0 Å². The summed E-state index contributed by atoms with van der Waals surface area (Å²) in [4.78, 5) is 35.1. The zero-order chi connectivity index (χ0) is 10.7. The lowest BCUT2D eigenvalue weighted by Crippen LogP contribution is -2.34. The third-order valence-electron chi connectivity index (χ3n) is 1.68. The quantitative estimate of drug-likeness (QED) is 0.627. The molecule has 0 aliphatic heterocycles. The zero-order valence-corrected chi connectivity index (χ0v) is 7.86. The van der Waals surface area contributed by atoms with E-state index in [1.54, 1.807) is 0 Å². The summed E-state index contributed by atoms with van der Waals surface area (Å²) in [5.41, 5.74) is -0.723. The van der Waals surface area contributed by atoms with E-state index in [2.05, 4.69) is 9.72 Å². The summed E-state index contributed by atoms with van der Waals surface area (Å²) in [6.07, 6.45) is 1.24. The van der Waals surface area contributed by atoms with E-state index in [0.29, 0.717) is 0 Å². The summed E-state index contributed by atoms with van der Waals surface area (Å²) in [7, 11) is 1.35. The molecule has 0 aliphatic rings. The minimum atomic E-state index is -0.499. The molecule has 0 saturated carbocycles. The Hall–Kier alpha value is -1.85. The number of nitrogens with one attached hydrogen (secondary N) is 1. The van der Waals surface area contributed by atoms with Gasteiger partial charge < -0.3 is 9.72 Å². The fourth-order valence-corrected chi connectivity index (χ4v) is 0.898. The number of aromatic amines is 1. The average molecular weight is 198 g/mol. The van der Waals surface area contributed by atoms with Gasteiger partial charge in [0.1, 0.15) is 6.61 Å². The Morgan fingerprint density at radius 1 is 1.57 bits per heavy atom. The van der Waals surface area contributed by atoms with E-state index in [9.17, 15) is 14.4 Å². The van der Waals surface area contributed by atoms with Gasteiger partial charge in [-0.25, -0.2) is 4.79 Å². The van der Waals surface area contributed by atoms with E-state index in [1.807, 2.05) is 0 Å². The molecule has 0 amide bonds. The predicted octanol–water partition coefficient (Wildman–Crippen LogP) is -0.863. The van der Waals surface area contributed by atoms with Gasteiger partial charge in [0, 0.05) is 20.2 Å². The normalized spacial score (nSPS) is 9.86. The smallest absolute Gasteiger partial charge is 0.328 e. The molecule has 6 heteroatoms. The van der Waals surface area contributed by atoms with Crippen molar-refractivity contribution < 1.29 is 9.53 Å². The Labute approximate surface area is 79.1 Å². The first-order valence-corrected chi connectivity index (χ1v) is 3.93. The Balaban J connectivity index is 3.01. The molecule has 0 bridgehead atoms. The summed E-state index contributed by atoms with van der Waals surface area (Å²) >= 11 is 0. The van der Waals surface area contributed by atoms with Crippen LogP contribution in [0.3, 0.4) is 0 Å². The summed E-state index contributed by atoms with van der Waals surface area (Å²) in [6, 6.07) is 0. The summed E-state index contributed by atoms with van der Waals surface area (Å²) < 4.78 is 5.54. The molecule has 0 aromatic carbocycles. The standard InChI is InChI=1S/C8H10N2O4/c1-5(11)14-4-6-3-9-8(13)10(2)7(6)12/h3H,4H2,1-2H3,(H,9,13). The van der Waals surface area contributed by atoms with Crippen LogP contribution in [0.4, 0.5) is 0 Å². The Morgan fingerprint density at radius 2 is 2.21 bits per heavy atom. The molecule has 0 saturated heterocycles. The van der Waals surface area contributed by atoms with Crippen molar-refractivity contribution in [1.82, 2.24) is 9.55 Å². The first-order valence-electron chi connectivity index (χ1n) is 3.93. The Bertz CT molecular complexity index is 457. The molecule has 0 aliphatic carbocycles. The average Bonchev–Trinajstić information content (AvgIpc) is 2.13. The van der Waals surface area contributed by atoms with Crippen molar-refractivity contribution in [1.29, 1.82) is 0 Å². The van der Waals surface area contributed by atoms with Crippen LogP contribution in [0.5, 0.6) is 0 Å². The number of carbonyl (C=O) groups is 1. The molecule has 0 spiro atoms. The molecule has 6 nitrogen and oxygen atoms in total. The molecule has 0 radical (unpaired) electrons. The molecule has 0 unspecified atom stereocenters. The van der Waals surface area contributed by atoms with E-state index in [4.69, 9.17) is 0 Å². The van der Waals surface area contributed by atoms with E-state index in [-0.39, 0.29) is 12.2 Å². The molecular weight excluding hydrogens is 188 g/mol. The van der Waals surface area contributed by atoms with E-state index >= 15 is 0 Å². The zero-order valence-electron chi connectivity index (χ0n) is 7.86. The van der Waals surface area contributed by atoms with Gasteiger partial charge in [-0.05, 0) is 0 Å². The van der Waals surface area contributed by atoms with E-state index in [0.717, 1.165) is 4.57 Å². The van der Waals surface area contributed by atoms with Crippen LogP contribution in [0.25, 0.3) is 0 Å². The maximum Gasteiger partial charge on any atom is 0.328 e. The van der Waals surface area contributed by atoms with Crippen molar-refractivity contribution in [2.75, 3.05) is 0 Å². The SMILES string of the molecule is CC(=O)OCc1c[nH]c(=O)n(C)c1=O. The molecule has 0 fully saturated rings. The van der Waals surface area contributed by atoms with Crippen LogP contribution in [0.2, 0.25) is 0 Å². The van der Waals surface area contributed by atoms with Crippen molar-refractivity contribution in [2.24, 2.45) is 7.05 Å². The maximum absolute atomic E-state index is 11.4. The summed E-state index contributed by atoms with van der Waals surface area (Å²) in [6.45, 7) is 1.12. The first-order chi connectivity index (χ1) is 6.52. The lowest BCUT2D eigenvalue weighted by Gasteiger charge is -2.02. The van der Waals surface area contributed by atoms with Crippen LogP contribution in [-0.2, 0) is 23.2 Å². The van der Waals surface area contributed by atoms with Gasteiger partial charge in [-0.3, -0.25) is 14.2 Å². The van der Waals surface area contributed by atoms with Gasteiger partial charge in [0.2, 0.25) is 0 Å². The van der Waals surface area contributed by atoms with Crippen LogP contribution in [0.1, 0.15) is 12.5 Å². The highest BCUT2D eigenvalue weighted by molar-refractivity contribution is 5.65. The summed E-state index contributed by atoms with van der Waals surface area (Å²) in [5, 5.41) is 0. The molecular formula is C8H10N2O4. The van der Waals surface area contributed by atoms with Gasteiger partial charge in [-0.1, -0.05) is 0 Å². The lowest BCUT2D eigenvalue weighted by atomic mass is 10.3. The molecule has 1 N–H and O–H groups in total. The minimum absolute atomic E-state index is 0.126. The second kappa shape index (κ2) is 3.91. The second-order valence-electron chi connectivity index (χ2n) is 2.76. The second-order valence-corrected chi connectivity index (χ2v) is 2.76. The highest BCUT2D eigenvalue weighted by Crippen LogP contribution is 1.90. The number of ether oxygens (including phenoxy) is 1. The lowest BCUT2D eigenvalue weighted by molar-refractivity contribution is -0.142. The van der Waals surface area contributed by atoms with Crippen molar-refractivity contribution in [3.63, 3.8) is 0 Å². The van der Waals surface area contributed by atoms with E-state index in [1.165, 1.54) is 20.2 Å². The number of hydrogen-bond donors (Lipinski definition) is 1. The monoisotopic (exact) mass is 198 g/mol. The predicted molar refractivity (Wildman–Crippen MR) is 47.8 cm³/mol. The highest BCUT2D eigenvalue weighted by atomic mass is 16.5. The van der Waals surface area contributed by atoms with Gasteiger partial charge >= 0.3 is 11.7 Å². The third kappa shape index (κ3) is 2.09. The maximum atomic E-state index is 11.4. The minimum Gasteiger partial charge on any atom is -0.461 e. The fraction of sp³-hybridized carbons (Fsp3) is 0.375. The number of rotatable bonds is 2. The van der Waals surface area contributed by atoms with Crippen LogP contribution in [0, 0.1) is 0 Å². The topological polar surface area (TPSA) is 81.2 Å². The number of carbonyl (C=O) groups excluding carboxylic acids is 1. The Kier molecular flexibility index (Phi) is 2.85. The number of hydrogen-bond acceptors (Lipinski definition) is 4. The molecule has 1 aromatic rings. The molecule has 1 aromatic heterocycles. The van der Waals surface area contributed by atoms with Gasteiger partial charge in [-0.15, -0.1) is 0 Å². The van der Waals surface area contributed by atoms with Crippen molar-refractivity contribution >= 4 is 5.97 Å². The number of esters is 1. The molecule has 1 heterocycles. The molecule has 76 valence electrons. The van der Waals surface area contributed by atoms with Crippen molar-refractivity contribution in [3.05, 3.63) is 32.6 Å². The first kappa shape index (κ1) is 10.2. The number of nitrogens with zero attached hydrogens (tertiary/aromatic N) is 1.